The lowest BCUT2D eigenvalue weighted by Gasteiger charge is -2.28. The van der Waals surface area contributed by atoms with Crippen molar-refractivity contribution in [3.05, 3.63) is 35.9 Å². The number of benzene rings is 1. The second kappa shape index (κ2) is 35.5. The van der Waals surface area contributed by atoms with Gasteiger partial charge in [-0.05, 0) is 37.3 Å². The molecule has 1 aromatic rings. The van der Waals surface area contributed by atoms with E-state index in [1.807, 2.05) is 6.07 Å². The van der Waals surface area contributed by atoms with Crippen LogP contribution in [0, 0.1) is 5.92 Å². The zero-order valence-electron chi connectivity index (χ0n) is 35.3. The standard InChI is InChI=1S/C47H85NO6/c1-4-5-6-7-8-9-10-11-12-13-14-15-16-17-21-24-27-33-38-44(54-47(53)41-35-30-28-31-36-41)46(52)48-42(39-49)45(51)43(50)37-32-26-23-20-18-19-22-25-29-34-40(2)3/h28,30-31,35-36,40,42-45,49-51H,4-27,29,32-34,37-39H2,1-3H3,(H,48,52)/t42-,43+,44+,45-/m0/s1. The summed E-state index contributed by atoms with van der Waals surface area (Å²) in [4.78, 5) is 26.3. The summed E-state index contributed by atoms with van der Waals surface area (Å²) in [7, 11) is 0. The van der Waals surface area contributed by atoms with Crippen LogP contribution in [0.3, 0.4) is 0 Å². The van der Waals surface area contributed by atoms with E-state index >= 15 is 0 Å². The third kappa shape index (κ3) is 27.6. The van der Waals surface area contributed by atoms with Gasteiger partial charge in [-0.25, -0.2) is 4.79 Å². The minimum Gasteiger partial charge on any atom is -0.449 e. The molecule has 1 amide bonds. The molecule has 0 heterocycles. The fourth-order valence-corrected chi connectivity index (χ4v) is 7.34. The molecule has 1 rings (SSSR count). The van der Waals surface area contributed by atoms with E-state index in [1.165, 1.54) is 135 Å². The molecule has 0 bridgehead atoms. The van der Waals surface area contributed by atoms with E-state index in [0.29, 0.717) is 18.4 Å². The molecular formula is C47H85NO6. The number of ether oxygens (including phenoxy) is 1. The molecule has 7 nitrogen and oxygen atoms in total. The number of hydrogen-bond acceptors (Lipinski definition) is 6. The molecule has 1 aromatic carbocycles. The maximum absolute atomic E-state index is 13.4. The minimum absolute atomic E-state index is 0.359. The van der Waals surface area contributed by atoms with Crippen LogP contribution in [0.5, 0.6) is 0 Å². The Morgan fingerprint density at radius 1 is 0.574 bits per heavy atom. The number of aliphatic hydroxyl groups is 3. The quantitative estimate of drug-likeness (QED) is 0.0394. The van der Waals surface area contributed by atoms with E-state index in [0.717, 1.165) is 50.9 Å². The highest BCUT2D eigenvalue weighted by Gasteiger charge is 2.31. The van der Waals surface area contributed by atoms with Crippen molar-refractivity contribution >= 4 is 11.9 Å². The highest BCUT2D eigenvalue weighted by atomic mass is 16.5. The molecule has 54 heavy (non-hydrogen) atoms. The van der Waals surface area contributed by atoms with Crippen molar-refractivity contribution in [3.8, 4) is 0 Å². The van der Waals surface area contributed by atoms with Crippen LogP contribution < -0.4 is 5.32 Å². The number of esters is 1. The molecule has 4 N–H and O–H groups in total. The van der Waals surface area contributed by atoms with Crippen LogP contribution in [-0.2, 0) is 9.53 Å². The maximum Gasteiger partial charge on any atom is 0.338 e. The van der Waals surface area contributed by atoms with E-state index in [-0.39, 0.29) is 0 Å². The Morgan fingerprint density at radius 2 is 0.963 bits per heavy atom. The molecule has 0 aliphatic carbocycles. The van der Waals surface area contributed by atoms with Gasteiger partial charge in [0.05, 0.1) is 24.3 Å². The van der Waals surface area contributed by atoms with Crippen molar-refractivity contribution in [3.63, 3.8) is 0 Å². The molecule has 0 saturated heterocycles. The van der Waals surface area contributed by atoms with E-state index in [1.54, 1.807) is 24.3 Å². The first-order valence-corrected chi connectivity index (χ1v) is 22.8. The topological polar surface area (TPSA) is 116 Å². The molecule has 0 fully saturated rings. The fourth-order valence-electron chi connectivity index (χ4n) is 7.34. The molecule has 314 valence electrons. The van der Waals surface area contributed by atoms with Crippen LogP contribution in [0.25, 0.3) is 0 Å². The first-order valence-electron chi connectivity index (χ1n) is 22.8. The molecule has 0 radical (unpaired) electrons. The van der Waals surface area contributed by atoms with Crippen molar-refractivity contribution < 1.29 is 29.6 Å². The summed E-state index contributed by atoms with van der Waals surface area (Å²) in [5.41, 5.74) is 0.365. The second-order valence-corrected chi connectivity index (χ2v) is 16.6. The van der Waals surface area contributed by atoms with E-state index in [2.05, 4.69) is 26.1 Å². The SMILES string of the molecule is CCCCCCCCCCCCCCCCCCCC[C@@H](OC(=O)c1ccccc1)C(=O)N[C@@H](CO)[C@H](O)[C@H](O)CCCCCCCCCCCC(C)C. The lowest BCUT2D eigenvalue weighted by atomic mass is 9.98. The number of nitrogens with one attached hydrogen (secondary N) is 1. The van der Waals surface area contributed by atoms with Gasteiger partial charge in [0.15, 0.2) is 6.10 Å². The molecule has 0 aliphatic rings. The molecule has 0 spiro atoms. The first-order chi connectivity index (χ1) is 26.3. The molecule has 0 aromatic heterocycles. The average molecular weight is 760 g/mol. The predicted octanol–water partition coefficient (Wildman–Crippen LogP) is 11.8. The number of carbonyl (C=O) groups excluding carboxylic acids is 2. The van der Waals surface area contributed by atoms with E-state index < -0.39 is 42.8 Å². The normalized spacial score (nSPS) is 13.8. The molecule has 0 aliphatic heterocycles. The van der Waals surface area contributed by atoms with Crippen molar-refractivity contribution in [2.75, 3.05) is 6.61 Å². The van der Waals surface area contributed by atoms with Gasteiger partial charge >= 0.3 is 5.97 Å². The summed E-state index contributed by atoms with van der Waals surface area (Å²) >= 11 is 0. The van der Waals surface area contributed by atoms with Gasteiger partial charge in [0.2, 0.25) is 0 Å². The highest BCUT2D eigenvalue weighted by molar-refractivity contribution is 5.92. The number of unbranched alkanes of at least 4 members (excludes halogenated alkanes) is 25. The van der Waals surface area contributed by atoms with E-state index in [9.17, 15) is 24.9 Å². The summed E-state index contributed by atoms with van der Waals surface area (Å²) in [6.07, 6.45) is 32.0. The Bertz CT molecular complexity index is 988. The Kier molecular flexibility index (Phi) is 32.9. The fraction of sp³-hybridized carbons (Fsp3) is 0.830. The Hall–Kier alpha value is -1.96. The lowest BCUT2D eigenvalue weighted by Crippen LogP contribution is -2.53. The van der Waals surface area contributed by atoms with Crippen molar-refractivity contribution in [2.24, 2.45) is 5.92 Å². The van der Waals surface area contributed by atoms with Gasteiger partial charge < -0.3 is 25.4 Å². The van der Waals surface area contributed by atoms with Crippen LogP contribution in [0.4, 0.5) is 0 Å². The zero-order valence-corrected chi connectivity index (χ0v) is 35.3. The van der Waals surface area contributed by atoms with Crippen molar-refractivity contribution in [1.29, 1.82) is 0 Å². The maximum atomic E-state index is 13.4. The van der Waals surface area contributed by atoms with Gasteiger partial charge in [-0.15, -0.1) is 0 Å². The van der Waals surface area contributed by atoms with Crippen LogP contribution >= 0.6 is 0 Å². The molecule has 0 saturated carbocycles. The third-order valence-corrected chi connectivity index (χ3v) is 11.0. The van der Waals surface area contributed by atoms with Gasteiger partial charge in [0.25, 0.3) is 5.91 Å². The summed E-state index contributed by atoms with van der Waals surface area (Å²) < 4.78 is 5.69. The Balaban J connectivity index is 2.36. The average Bonchev–Trinajstić information content (AvgIpc) is 3.17. The smallest absolute Gasteiger partial charge is 0.338 e. The summed E-state index contributed by atoms with van der Waals surface area (Å²) in [5, 5.41) is 34.3. The van der Waals surface area contributed by atoms with Crippen molar-refractivity contribution in [2.45, 2.75) is 238 Å². The van der Waals surface area contributed by atoms with Gasteiger partial charge in [0, 0.05) is 0 Å². The second-order valence-electron chi connectivity index (χ2n) is 16.6. The molecule has 0 unspecified atom stereocenters. The predicted molar refractivity (Wildman–Crippen MR) is 226 cm³/mol. The van der Waals surface area contributed by atoms with E-state index in [4.69, 9.17) is 4.74 Å². The summed E-state index contributed by atoms with van der Waals surface area (Å²) in [6.45, 7) is 6.30. The third-order valence-electron chi connectivity index (χ3n) is 11.0. The number of aliphatic hydroxyl groups excluding tert-OH is 3. The molecule has 4 atom stereocenters. The van der Waals surface area contributed by atoms with Gasteiger partial charge in [-0.2, -0.15) is 0 Å². The van der Waals surface area contributed by atoms with Gasteiger partial charge in [-0.3, -0.25) is 4.79 Å². The summed E-state index contributed by atoms with van der Waals surface area (Å²) in [6, 6.07) is 7.56. The Labute approximate surface area is 332 Å². The van der Waals surface area contributed by atoms with Crippen LogP contribution in [-0.4, -0.2) is 58.2 Å². The number of amides is 1. The first kappa shape index (κ1) is 50.1. The zero-order chi connectivity index (χ0) is 39.5. The number of hydrogen-bond donors (Lipinski definition) is 4. The Morgan fingerprint density at radius 3 is 1.37 bits per heavy atom. The summed E-state index contributed by atoms with van der Waals surface area (Å²) in [5.74, 6) is -0.344. The van der Waals surface area contributed by atoms with Crippen molar-refractivity contribution in [1.82, 2.24) is 5.32 Å². The van der Waals surface area contributed by atoms with Gasteiger partial charge in [-0.1, -0.05) is 212 Å². The van der Waals surface area contributed by atoms with Crippen LogP contribution in [0.15, 0.2) is 30.3 Å². The molecular weight excluding hydrogens is 675 g/mol. The highest BCUT2D eigenvalue weighted by Crippen LogP contribution is 2.18. The number of rotatable bonds is 38. The van der Waals surface area contributed by atoms with Crippen LogP contribution in [0.2, 0.25) is 0 Å². The van der Waals surface area contributed by atoms with Gasteiger partial charge in [0.1, 0.15) is 6.10 Å². The molecule has 7 heteroatoms. The van der Waals surface area contributed by atoms with Crippen LogP contribution in [0.1, 0.15) is 224 Å². The lowest BCUT2D eigenvalue weighted by molar-refractivity contribution is -0.133. The minimum atomic E-state index is -1.32. The largest absolute Gasteiger partial charge is 0.449 e. The number of carbonyl (C=O) groups is 2. The monoisotopic (exact) mass is 760 g/mol.